The van der Waals surface area contributed by atoms with Crippen molar-refractivity contribution in [3.63, 3.8) is 0 Å². The van der Waals surface area contributed by atoms with E-state index >= 15 is 0 Å². The van der Waals surface area contributed by atoms with Crippen molar-refractivity contribution in [2.24, 2.45) is 0 Å². The molecule has 0 atom stereocenters. The third-order valence-electron chi connectivity index (χ3n) is 4.35. The molecule has 114 valence electrons. The molecule has 0 spiro atoms. The smallest absolute Gasteiger partial charge is 0.113 e. The predicted octanol–water partition coefficient (Wildman–Crippen LogP) is 3.36. The highest BCUT2D eigenvalue weighted by molar-refractivity contribution is 7.09. The van der Waals surface area contributed by atoms with Gasteiger partial charge in [-0.2, -0.15) is 0 Å². The maximum absolute atomic E-state index is 4.98. The lowest BCUT2D eigenvalue weighted by Crippen LogP contribution is -2.51. The second-order valence-corrected chi connectivity index (χ2v) is 7.69. The largest absolute Gasteiger partial charge is 0.306 e. The van der Waals surface area contributed by atoms with Crippen molar-refractivity contribution < 1.29 is 0 Å². The Hall–Kier alpha value is -0.450. The van der Waals surface area contributed by atoms with E-state index in [4.69, 9.17) is 4.98 Å². The van der Waals surface area contributed by atoms with Crippen LogP contribution in [0.5, 0.6) is 0 Å². The number of hydrogen-bond acceptors (Lipinski definition) is 4. The molecule has 1 aromatic heterocycles. The fraction of sp³-hybridized carbons (Fsp3) is 0.812. The molecule has 0 unspecified atom stereocenters. The second-order valence-electron chi connectivity index (χ2n) is 6.83. The molecule has 1 N–H and O–H groups in total. The van der Waals surface area contributed by atoms with E-state index in [9.17, 15) is 0 Å². The molecule has 1 aliphatic heterocycles. The number of thiazole rings is 1. The first-order chi connectivity index (χ1) is 9.41. The van der Waals surface area contributed by atoms with E-state index in [2.05, 4.69) is 50.2 Å². The molecule has 0 radical (unpaired) electrons. The topological polar surface area (TPSA) is 28.2 Å². The molecule has 1 aromatic rings. The minimum atomic E-state index is 0.106. The highest BCUT2D eigenvalue weighted by atomic mass is 32.1. The summed E-state index contributed by atoms with van der Waals surface area (Å²) in [6.07, 6.45) is 2.34. The van der Waals surface area contributed by atoms with Crippen LogP contribution in [0.15, 0.2) is 5.38 Å². The molecule has 3 nitrogen and oxygen atoms in total. The maximum Gasteiger partial charge on any atom is 0.113 e. The molecule has 4 heteroatoms. The van der Waals surface area contributed by atoms with Gasteiger partial charge in [0.15, 0.2) is 0 Å². The van der Waals surface area contributed by atoms with Crippen LogP contribution in [0.3, 0.4) is 0 Å². The molecule has 0 aliphatic carbocycles. The van der Waals surface area contributed by atoms with E-state index in [1.54, 1.807) is 0 Å². The van der Waals surface area contributed by atoms with Crippen molar-refractivity contribution in [2.45, 2.75) is 58.4 Å². The molecule has 0 bridgehead atoms. The number of nitrogens with zero attached hydrogens (tertiary/aromatic N) is 2. The molecule has 20 heavy (non-hydrogen) atoms. The van der Waals surface area contributed by atoms with E-state index in [0.29, 0.717) is 0 Å². The van der Waals surface area contributed by atoms with Crippen LogP contribution >= 0.6 is 11.3 Å². The number of likely N-dealkylation sites (tertiary alicyclic amines) is 1. The van der Waals surface area contributed by atoms with Gasteiger partial charge in [-0.05, 0) is 25.9 Å². The van der Waals surface area contributed by atoms with Gasteiger partial charge in [-0.15, -0.1) is 11.3 Å². The summed E-state index contributed by atoms with van der Waals surface area (Å²) < 4.78 is 0. The zero-order chi connectivity index (χ0) is 14.8. The lowest BCUT2D eigenvalue weighted by molar-refractivity contribution is 0.140. The maximum atomic E-state index is 4.98. The lowest BCUT2D eigenvalue weighted by Gasteiger charge is -2.41. The number of rotatable bonds is 4. The van der Waals surface area contributed by atoms with E-state index in [-0.39, 0.29) is 11.0 Å². The van der Waals surface area contributed by atoms with Gasteiger partial charge in [0.25, 0.3) is 0 Å². The van der Waals surface area contributed by atoms with E-state index in [1.165, 1.54) is 36.6 Å². The molecule has 1 aliphatic rings. The fourth-order valence-corrected chi connectivity index (χ4v) is 4.18. The Bertz CT molecular complexity index is 425. The first-order valence-corrected chi connectivity index (χ1v) is 8.73. The molecular weight excluding hydrogens is 266 g/mol. The Kier molecular flexibility index (Phi) is 4.88. The van der Waals surface area contributed by atoms with Gasteiger partial charge < -0.3 is 10.2 Å². The van der Waals surface area contributed by atoms with Gasteiger partial charge >= 0.3 is 0 Å². The summed E-state index contributed by atoms with van der Waals surface area (Å²) in [4.78, 5) is 7.52. The first kappa shape index (κ1) is 15.9. The number of aromatic nitrogens is 1. The third kappa shape index (κ3) is 3.23. The summed E-state index contributed by atoms with van der Waals surface area (Å²) in [6.45, 7) is 15.7. The zero-order valence-electron chi connectivity index (χ0n) is 13.6. The van der Waals surface area contributed by atoms with E-state index < -0.39 is 0 Å². The molecule has 0 saturated carbocycles. The minimum absolute atomic E-state index is 0.106. The van der Waals surface area contributed by atoms with Crippen LogP contribution < -0.4 is 5.32 Å². The van der Waals surface area contributed by atoms with Crippen LogP contribution in [0, 0.1) is 0 Å². The van der Waals surface area contributed by atoms with Crippen LogP contribution in [-0.4, -0.2) is 36.1 Å². The average Bonchev–Trinajstić information content (AvgIpc) is 2.90. The van der Waals surface area contributed by atoms with Crippen molar-refractivity contribution in [1.29, 1.82) is 0 Å². The summed E-state index contributed by atoms with van der Waals surface area (Å²) in [6, 6.07) is 0. The normalized spacial score (nSPS) is 20.2. The van der Waals surface area contributed by atoms with Crippen LogP contribution in [0.1, 0.15) is 58.2 Å². The second kappa shape index (κ2) is 6.12. The Balaban J connectivity index is 2.23. The first-order valence-electron chi connectivity index (χ1n) is 7.85. The van der Waals surface area contributed by atoms with Crippen LogP contribution in [0.2, 0.25) is 0 Å². The highest BCUT2D eigenvalue weighted by Gasteiger charge is 2.38. The molecule has 0 amide bonds. The fourth-order valence-electron chi connectivity index (χ4n) is 2.89. The van der Waals surface area contributed by atoms with Gasteiger partial charge in [-0.1, -0.05) is 34.6 Å². The van der Waals surface area contributed by atoms with Crippen molar-refractivity contribution in [1.82, 2.24) is 15.2 Å². The van der Waals surface area contributed by atoms with Gasteiger partial charge in [0.1, 0.15) is 5.01 Å². The minimum Gasteiger partial charge on any atom is -0.306 e. The van der Waals surface area contributed by atoms with Crippen LogP contribution in [0.4, 0.5) is 0 Å². The monoisotopic (exact) mass is 295 g/mol. The Morgan fingerprint density at radius 1 is 1.30 bits per heavy atom. The third-order valence-corrected chi connectivity index (χ3v) is 5.40. The summed E-state index contributed by atoms with van der Waals surface area (Å²) in [7, 11) is 0. The van der Waals surface area contributed by atoms with Gasteiger partial charge in [0, 0.05) is 23.9 Å². The molecule has 1 fully saturated rings. The molecular formula is C16H29N3S. The highest BCUT2D eigenvalue weighted by Crippen LogP contribution is 2.36. The summed E-state index contributed by atoms with van der Waals surface area (Å²) in [5.74, 6) is 0. The van der Waals surface area contributed by atoms with Crippen molar-refractivity contribution in [2.75, 3.05) is 26.2 Å². The molecule has 2 rings (SSSR count). The summed E-state index contributed by atoms with van der Waals surface area (Å²) in [5.41, 5.74) is 1.48. The van der Waals surface area contributed by atoms with E-state index in [1.807, 2.05) is 11.3 Å². The van der Waals surface area contributed by atoms with Gasteiger partial charge in [0.05, 0.1) is 11.2 Å². The molecule has 2 heterocycles. The number of hydrogen-bond donors (Lipinski definition) is 1. The SMILES string of the molecule is CCNC1(c2nc(C(C)(C)C)cs2)CCN(CC)CC1. The standard InChI is InChI=1S/C16H29N3S/c1-6-17-16(8-10-19(7-2)11-9-16)14-18-13(12-20-14)15(3,4)5/h12,17H,6-11H2,1-5H3. The predicted molar refractivity (Wildman–Crippen MR) is 87.5 cm³/mol. The number of nitrogens with one attached hydrogen (secondary N) is 1. The molecule has 0 aromatic carbocycles. The van der Waals surface area contributed by atoms with Crippen LogP contribution in [0.25, 0.3) is 0 Å². The summed E-state index contributed by atoms with van der Waals surface area (Å²) >= 11 is 1.84. The Labute approximate surface area is 127 Å². The van der Waals surface area contributed by atoms with Gasteiger partial charge in [-0.25, -0.2) is 4.98 Å². The summed E-state index contributed by atoms with van der Waals surface area (Å²) in [5, 5.41) is 7.29. The lowest BCUT2D eigenvalue weighted by atomic mass is 9.87. The van der Waals surface area contributed by atoms with Crippen molar-refractivity contribution >= 4 is 11.3 Å². The molecule has 1 saturated heterocycles. The van der Waals surface area contributed by atoms with E-state index in [0.717, 1.165) is 13.1 Å². The quantitative estimate of drug-likeness (QED) is 0.923. The Morgan fingerprint density at radius 2 is 1.95 bits per heavy atom. The van der Waals surface area contributed by atoms with Crippen molar-refractivity contribution in [3.8, 4) is 0 Å². The zero-order valence-corrected chi connectivity index (χ0v) is 14.4. The average molecular weight is 295 g/mol. The van der Waals surface area contributed by atoms with Crippen molar-refractivity contribution in [3.05, 3.63) is 16.1 Å². The Morgan fingerprint density at radius 3 is 2.40 bits per heavy atom. The van der Waals surface area contributed by atoms with Gasteiger partial charge in [0.2, 0.25) is 0 Å². The van der Waals surface area contributed by atoms with Crippen LogP contribution in [-0.2, 0) is 11.0 Å². The number of piperidine rings is 1. The van der Waals surface area contributed by atoms with Gasteiger partial charge in [-0.3, -0.25) is 0 Å².